The Morgan fingerprint density at radius 3 is 2.91 bits per heavy atom. The van der Waals surface area contributed by atoms with E-state index in [2.05, 4.69) is 31.0 Å². The molecule has 1 saturated carbocycles. The van der Waals surface area contributed by atoms with Gasteiger partial charge in [0, 0.05) is 22.6 Å². The lowest BCUT2D eigenvalue weighted by Gasteiger charge is -2.37. The van der Waals surface area contributed by atoms with Crippen LogP contribution in [0.3, 0.4) is 0 Å². The number of nitrogens with zero attached hydrogens (tertiary/aromatic N) is 3. The van der Waals surface area contributed by atoms with Crippen LogP contribution in [0.4, 0.5) is 0 Å². The maximum Gasteiger partial charge on any atom is 0.246 e. The summed E-state index contributed by atoms with van der Waals surface area (Å²) in [6.07, 6.45) is 5.18. The molecule has 4 rings (SSSR count). The van der Waals surface area contributed by atoms with Crippen molar-refractivity contribution in [2.75, 3.05) is 19.8 Å². The molecule has 0 radical (unpaired) electrons. The van der Waals surface area contributed by atoms with E-state index in [4.69, 9.17) is 9.26 Å². The fraction of sp³-hybridized carbons (Fsp3) is 0.529. The van der Waals surface area contributed by atoms with Crippen LogP contribution >= 0.6 is 15.9 Å². The Bertz CT molecular complexity index is 669. The zero-order valence-corrected chi connectivity index (χ0v) is 14.5. The fourth-order valence-corrected chi connectivity index (χ4v) is 4.02. The van der Waals surface area contributed by atoms with E-state index in [0.29, 0.717) is 24.4 Å². The Labute approximate surface area is 144 Å². The van der Waals surface area contributed by atoms with Crippen LogP contribution in [0, 0.1) is 0 Å². The minimum absolute atomic E-state index is 0.0836. The molecule has 2 fully saturated rings. The van der Waals surface area contributed by atoms with Gasteiger partial charge in [-0.25, -0.2) is 0 Å². The quantitative estimate of drug-likeness (QED) is 0.813. The highest BCUT2D eigenvalue weighted by molar-refractivity contribution is 9.10. The summed E-state index contributed by atoms with van der Waals surface area (Å²) < 4.78 is 12.3. The number of hydrogen-bond donors (Lipinski definition) is 0. The van der Waals surface area contributed by atoms with E-state index < -0.39 is 0 Å². The van der Waals surface area contributed by atoms with E-state index in [1.54, 1.807) is 0 Å². The number of aromatic nitrogens is 2. The van der Waals surface area contributed by atoms with Crippen LogP contribution in [0.5, 0.6) is 0 Å². The summed E-state index contributed by atoms with van der Waals surface area (Å²) >= 11 is 3.48. The second kappa shape index (κ2) is 6.71. The highest BCUT2D eigenvalue weighted by Crippen LogP contribution is 2.33. The summed E-state index contributed by atoms with van der Waals surface area (Å²) in [7, 11) is 0. The van der Waals surface area contributed by atoms with Crippen molar-refractivity contribution in [2.24, 2.45) is 0 Å². The third kappa shape index (κ3) is 3.20. The number of hydrogen-bond acceptors (Lipinski definition) is 5. The SMILES string of the molecule is Brc1cccc(-c2noc(C3COCCN3C3CCCC3)n2)c1. The van der Waals surface area contributed by atoms with Gasteiger partial charge >= 0.3 is 0 Å². The average molecular weight is 378 g/mol. The third-order valence-corrected chi connectivity index (χ3v) is 5.27. The number of morpholine rings is 1. The molecule has 122 valence electrons. The van der Waals surface area contributed by atoms with Gasteiger partial charge in [0.15, 0.2) is 0 Å². The predicted molar refractivity (Wildman–Crippen MR) is 90.0 cm³/mol. The molecule has 0 bridgehead atoms. The molecule has 2 aromatic rings. The zero-order valence-electron chi connectivity index (χ0n) is 12.9. The van der Waals surface area contributed by atoms with Crippen molar-refractivity contribution < 1.29 is 9.26 Å². The minimum atomic E-state index is 0.0836. The van der Waals surface area contributed by atoms with Crippen LogP contribution in [0.25, 0.3) is 11.4 Å². The second-order valence-electron chi connectivity index (χ2n) is 6.23. The monoisotopic (exact) mass is 377 g/mol. The van der Waals surface area contributed by atoms with E-state index in [-0.39, 0.29) is 6.04 Å². The Morgan fingerprint density at radius 2 is 2.09 bits per heavy atom. The molecule has 6 heteroatoms. The molecule has 0 spiro atoms. The van der Waals surface area contributed by atoms with Crippen LogP contribution in [0.15, 0.2) is 33.3 Å². The predicted octanol–water partition coefficient (Wildman–Crippen LogP) is 3.82. The number of halogens is 1. The summed E-state index contributed by atoms with van der Waals surface area (Å²) in [6, 6.07) is 8.67. The molecule has 23 heavy (non-hydrogen) atoms. The van der Waals surface area contributed by atoms with E-state index in [1.807, 2.05) is 24.3 Å². The molecular formula is C17H20BrN3O2. The van der Waals surface area contributed by atoms with E-state index >= 15 is 0 Å². The molecule has 1 unspecified atom stereocenters. The van der Waals surface area contributed by atoms with Gasteiger partial charge in [-0.3, -0.25) is 4.90 Å². The molecule has 1 aliphatic heterocycles. The third-order valence-electron chi connectivity index (χ3n) is 4.77. The molecule has 1 atom stereocenters. The maximum atomic E-state index is 5.68. The molecule has 2 aliphatic rings. The Kier molecular flexibility index (Phi) is 4.46. The van der Waals surface area contributed by atoms with Crippen LogP contribution < -0.4 is 0 Å². The number of benzene rings is 1. The first-order chi connectivity index (χ1) is 11.3. The van der Waals surface area contributed by atoms with Crippen LogP contribution in [-0.2, 0) is 4.74 Å². The van der Waals surface area contributed by atoms with Crippen LogP contribution in [0.2, 0.25) is 0 Å². The first-order valence-corrected chi connectivity index (χ1v) is 9.03. The lowest BCUT2D eigenvalue weighted by molar-refractivity contribution is -0.0397. The summed E-state index contributed by atoms with van der Waals surface area (Å²) in [6.45, 7) is 2.38. The first-order valence-electron chi connectivity index (χ1n) is 8.24. The minimum Gasteiger partial charge on any atom is -0.378 e. The Hall–Kier alpha value is -1.24. The molecule has 0 amide bonds. The van der Waals surface area contributed by atoms with Gasteiger partial charge in [-0.15, -0.1) is 0 Å². The normalized spacial score (nSPS) is 23.4. The van der Waals surface area contributed by atoms with Gasteiger partial charge in [0.25, 0.3) is 0 Å². The standard InChI is InChI=1S/C17H20BrN3O2/c18-13-5-3-4-12(10-13)16-19-17(23-20-16)15-11-22-9-8-21(15)14-6-1-2-7-14/h3-5,10,14-15H,1-2,6-9,11H2. The van der Waals surface area contributed by atoms with Gasteiger partial charge in [-0.2, -0.15) is 4.98 Å². The highest BCUT2D eigenvalue weighted by Gasteiger charge is 2.35. The average Bonchev–Trinajstić information content (AvgIpc) is 3.27. The van der Waals surface area contributed by atoms with Gasteiger partial charge < -0.3 is 9.26 Å². The van der Waals surface area contributed by atoms with Crippen molar-refractivity contribution in [3.63, 3.8) is 0 Å². The Balaban J connectivity index is 1.59. The van der Waals surface area contributed by atoms with E-state index in [9.17, 15) is 0 Å². The molecular weight excluding hydrogens is 358 g/mol. The van der Waals surface area contributed by atoms with Crippen molar-refractivity contribution in [1.29, 1.82) is 0 Å². The van der Waals surface area contributed by atoms with Gasteiger partial charge in [0.2, 0.25) is 11.7 Å². The molecule has 1 saturated heterocycles. The van der Waals surface area contributed by atoms with E-state index in [0.717, 1.165) is 23.2 Å². The summed E-state index contributed by atoms with van der Waals surface area (Å²) in [5.41, 5.74) is 0.957. The summed E-state index contributed by atoms with van der Waals surface area (Å²) in [5.74, 6) is 1.31. The van der Waals surface area contributed by atoms with Gasteiger partial charge in [-0.1, -0.05) is 46.1 Å². The second-order valence-corrected chi connectivity index (χ2v) is 7.15. The van der Waals surface area contributed by atoms with Gasteiger partial charge in [0.1, 0.15) is 6.04 Å². The largest absolute Gasteiger partial charge is 0.378 e. The lowest BCUT2D eigenvalue weighted by atomic mass is 10.1. The zero-order chi connectivity index (χ0) is 15.6. The van der Waals surface area contributed by atoms with Crippen LogP contribution in [-0.4, -0.2) is 40.8 Å². The van der Waals surface area contributed by atoms with Crippen molar-refractivity contribution in [3.05, 3.63) is 34.6 Å². The summed E-state index contributed by atoms with van der Waals surface area (Å²) in [5, 5.41) is 4.17. The molecule has 1 aliphatic carbocycles. The van der Waals surface area contributed by atoms with Gasteiger partial charge in [0.05, 0.1) is 13.2 Å². The molecule has 1 aromatic carbocycles. The van der Waals surface area contributed by atoms with Crippen molar-refractivity contribution in [3.8, 4) is 11.4 Å². The van der Waals surface area contributed by atoms with Crippen LogP contribution in [0.1, 0.15) is 37.6 Å². The highest BCUT2D eigenvalue weighted by atomic mass is 79.9. The maximum absolute atomic E-state index is 5.68. The van der Waals surface area contributed by atoms with Crippen molar-refractivity contribution >= 4 is 15.9 Å². The topological polar surface area (TPSA) is 51.4 Å². The number of ether oxygens (including phenoxy) is 1. The van der Waals surface area contributed by atoms with Crippen molar-refractivity contribution in [1.82, 2.24) is 15.0 Å². The Morgan fingerprint density at radius 1 is 1.22 bits per heavy atom. The molecule has 2 heterocycles. The van der Waals surface area contributed by atoms with Gasteiger partial charge in [-0.05, 0) is 25.0 Å². The molecule has 5 nitrogen and oxygen atoms in total. The summed E-state index contributed by atoms with van der Waals surface area (Å²) in [4.78, 5) is 7.16. The lowest BCUT2D eigenvalue weighted by Crippen LogP contribution is -2.44. The smallest absolute Gasteiger partial charge is 0.246 e. The van der Waals surface area contributed by atoms with Crippen molar-refractivity contribution in [2.45, 2.75) is 37.8 Å². The molecule has 1 aromatic heterocycles. The number of rotatable bonds is 3. The molecule has 0 N–H and O–H groups in total. The first kappa shape index (κ1) is 15.3. The van der Waals surface area contributed by atoms with E-state index in [1.165, 1.54) is 25.7 Å². The fourth-order valence-electron chi connectivity index (χ4n) is 3.62.